The van der Waals surface area contributed by atoms with Gasteiger partial charge in [-0.2, -0.15) is 0 Å². The van der Waals surface area contributed by atoms with Crippen molar-refractivity contribution in [3.8, 4) is 0 Å². The van der Waals surface area contributed by atoms with Gasteiger partial charge in [0.1, 0.15) is 12.4 Å². The SMILES string of the molecule is CCOCc1nc2c(c(NCCS(=O)(=O)N(C)C)n1)CCNCC2. The van der Waals surface area contributed by atoms with Crippen LogP contribution in [0.1, 0.15) is 24.0 Å². The van der Waals surface area contributed by atoms with Gasteiger partial charge < -0.3 is 15.4 Å². The zero-order chi connectivity index (χ0) is 17.6. The van der Waals surface area contributed by atoms with Crippen molar-refractivity contribution in [2.45, 2.75) is 26.4 Å². The Hall–Kier alpha value is -1.29. The normalized spacial score (nSPS) is 15.2. The minimum atomic E-state index is -3.23. The first-order valence-corrected chi connectivity index (χ1v) is 9.86. The van der Waals surface area contributed by atoms with E-state index in [2.05, 4.69) is 20.6 Å². The average Bonchev–Trinajstić information content (AvgIpc) is 2.78. The molecule has 1 aromatic rings. The number of nitrogens with zero attached hydrogens (tertiary/aromatic N) is 3. The second kappa shape index (κ2) is 8.70. The van der Waals surface area contributed by atoms with E-state index < -0.39 is 10.0 Å². The Kier molecular flexibility index (Phi) is 6.90. The van der Waals surface area contributed by atoms with Crippen LogP contribution in [0.4, 0.5) is 5.82 Å². The molecule has 1 aliphatic heterocycles. The van der Waals surface area contributed by atoms with Crippen LogP contribution in [0.2, 0.25) is 0 Å². The highest BCUT2D eigenvalue weighted by Crippen LogP contribution is 2.20. The summed E-state index contributed by atoms with van der Waals surface area (Å²) in [6.07, 6.45) is 1.66. The summed E-state index contributed by atoms with van der Waals surface area (Å²) in [5.74, 6) is 1.39. The fraction of sp³-hybridized carbons (Fsp3) is 0.733. The molecule has 136 valence electrons. The highest BCUT2D eigenvalue weighted by Gasteiger charge is 2.18. The van der Waals surface area contributed by atoms with Gasteiger partial charge in [-0.3, -0.25) is 0 Å². The number of nitrogens with one attached hydrogen (secondary N) is 2. The molecule has 2 heterocycles. The van der Waals surface area contributed by atoms with Crippen LogP contribution < -0.4 is 10.6 Å². The van der Waals surface area contributed by atoms with E-state index >= 15 is 0 Å². The maximum atomic E-state index is 11.9. The second-order valence-electron chi connectivity index (χ2n) is 5.83. The molecule has 0 unspecified atom stereocenters. The summed E-state index contributed by atoms with van der Waals surface area (Å²) in [6.45, 7) is 4.95. The summed E-state index contributed by atoms with van der Waals surface area (Å²) in [7, 11) is -0.152. The Labute approximate surface area is 144 Å². The first-order valence-electron chi connectivity index (χ1n) is 8.25. The molecule has 0 aromatic carbocycles. The lowest BCUT2D eigenvalue weighted by Gasteiger charge is -2.16. The van der Waals surface area contributed by atoms with E-state index in [4.69, 9.17) is 4.74 Å². The zero-order valence-electron chi connectivity index (χ0n) is 14.6. The van der Waals surface area contributed by atoms with Crippen molar-refractivity contribution in [1.82, 2.24) is 19.6 Å². The second-order valence-corrected chi connectivity index (χ2v) is 8.13. The van der Waals surface area contributed by atoms with Crippen molar-refractivity contribution in [3.05, 3.63) is 17.1 Å². The highest BCUT2D eigenvalue weighted by molar-refractivity contribution is 7.89. The van der Waals surface area contributed by atoms with Crippen molar-refractivity contribution in [1.29, 1.82) is 0 Å². The van der Waals surface area contributed by atoms with Gasteiger partial charge in [0, 0.05) is 45.8 Å². The Morgan fingerprint density at radius 2 is 2.00 bits per heavy atom. The zero-order valence-corrected chi connectivity index (χ0v) is 15.4. The minimum absolute atomic E-state index is 0.0256. The quantitative estimate of drug-likeness (QED) is 0.676. The molecule has 24 heavy (non-hydrogen) atoms. The molecule has 0 bridgehead atoms. The minimum Gasteiger partial charge on any atom is -0.374 e. The van der Waals surface area contributed by atoms with E-state index in [1.807, 2.05) is 6.92 Å². The summed E-state index contributed by atoms with van der Waals surface area (Å²) in [5, 5.41) is 6.54. The van der Waals surface area contributed by atoms with Crippen molar-refractivity contribution in [2.75, 3.05) is 51.4 Å². The third-order valence-corrected chi connectivity index (χ3v) is 5.71. The predicted molar refractivity (Wildman–Crippen MR) is 93.6 cm³/mol. The Morgan fingerprint density at radius 3 is 2.71 bits per heavy atom. The van der Waals surface area contributed by atoms with Crippen LogP contribution in [0.3, 0.4) is 0 Å². The predicted octanol–water partition coefficient (Wildman–Crippen LogP) is 0.00460. The highest BCUT2D eigenvalue weighted by atomic mass is 32.2. The summed E-state index contributed by atoms with van der Waals surface area (Å²) in [5.41, 5.74) is 2.09. The van der Waals surface area contributed by atoms with Gasteiger partial charge in [0.05, 0.1) is 11.4 Å². The molecular weight excluding hydrogens is 330 g/mol. The third-order valence-electron chi connectivity index (χ3n) is 3.87. The third kappa shape index (κ3) is 5.10. The van der Waals surface area contributed by atoms with E-state index in [0.717, 1.165) is 43.0 Å². The molecule has 1 aromatic heterocycles. The van der Waals surface area contributed by atoms with Gasteiger partial charge in [-0.15, -0.1) is 0 Å². The summed E-state index contributed by atoms with van der Waals surface area (Å²) in [6, 6.07) is 0. The van der Waals surface area contributed by atoms with Gasteiger partial charge >= 0.3 is 0 Å². The largest absolute Gasteiger partial charge is 0.374 e. The first-order chi connectivity index (χ1) is 11.4. The van der Waals surface area contributed by atoms with E-state index in [1.54, 1.807) is 0 Å². The molecule has 2 N–H and O–H groups in total. The van der Waals surface area contributed by atoms with Crippen LogP contribution >= 0.6 is 0 Å². The Balaban J connectivity index is 2.16. The molecule has 0 aliphatic carbocycles. The smallest absolute Gasteiger partial charge is 0.215 e. The number of aromatic nitrogens is 2. The molecule has 0 atom stereocenters. The molecule has 0 fully saturated rings. The maximum absolute atomic E-state index is 11.9. The van der Waals surface area contributed by atoms with E-state index in [0.29, 0.717) is 25.6 Å². The van der Waals surface area contributed by atoms with Crippen LogP contribution in [0, 0.1) is 0 Å². The molecule has 1 aliphatic rings. The van der Waals surface area contributed by atoms with Crippen LogP contribution in [0.15, 0.2) is 0 Å². The standard InChI is InChI=1S/C15H27N5O3S/c1-4-23-11-14-18-13-6-8-16-7-5-12(13)15(19-14)17-9-10-24(21,22)20(2)3/h16H,4-11H2,1-3H3,(H,17,18,19). The Bertz CT molecular complexity index is 649. The fourth-order valence-electron chi connectivity index (χ4n) is 2.48. The van der Waals surface area contributed by atoms with Crippen molar-refractivity contribution in [2.24, 2.45) is 0 Å². The number of anilines is 1. The van der Waals surface area contributed by atoms with Gasteiger partial charge in [-0.1, -0.05) is 0 Å². The number of hydrogen-bond acceptors (Lipinski definition) is 7. The van der Waals surface area contributed by atoms with E-state index in [-0.39, 0.29) is 5.75 Å². The van der Waals surface area contributed by atoms with Crippen molar-refractivity contribution in [3.63, 3.8) is 0 Å². The number of ether oxygens (including phenoxy) is 1. The van der Waals surface area contributed by atoms with E-state index in [9.17, 15) is 8.42 Å². The van der Waals surface area contributed by atoms with Gasteiger partial charge in [0.15, 0.2) is 5.82 Å². The molecule has 0 saturated heterocycles. The average molecular weight is 357 g/mol. The molecule has 0 radical (unpaired) electrons. The topological polar surface area (TPSA) is 96.4 Å². The number of rotatable bonds is 8. The number of fused-ring (bicyclic) bond motifs is 1. The van der Waals surface area contributed by atoms with Gasteiger partial charge in [-0.25, -0.2) is 22.7 Å². The molecule has 8 nitrogen and oxygen atoms in total. The number of hydrogen-bond donors (Lipinski definition) is 2. The fourth-order valence-corrected chi connectivity index (χ4v) is 3.21. The lowest BCUT2D eigenvalue weighted by molar-refractivity contribution is 0.128. The Morgan fingerprint density at radius 1 is 1.25 bits per heavy atom. The van der Waals surface area contributed by atoms with Gasteiger partial charge in [0.2, 0.25) is 10.0 Å². The molecule has 0 saturated carbocycles. The summed E-state index contributed by atoms with van der Waals surface area (Å²) < 4.78 is 30.4. The monoisotopic (exact) mass is 357 g/mol. The van der Waals surface area contributed by atoms with E-state index in [1.165, 1.54) is 18.4 Å². The van der Waals surface area contributed by atoms with Crippen LogP contribution in [0.5, 0.6) is 0 Å². The summed E-state index contributed by atoms with van der Waals surface area (Å²) >= 11 is 0. The summed E-state index contributed by atoms with van der Waals surface area (Å²) in [4.78, 5) is 9.16. The molecule has 0 amide bonds. The first kappa shape index (κ1) is 19.0. The van der Waals surface area contributed by atoms with Crippen molar-refractivity contribution < 1.29 is 13.2 Å². The molecule has 9 heteroatoms. The van der Waals surface area contributed by atoms with Crippen molar-refractivity contribution >= 4 is 15.8 Å². The van der Waals surface area contributed by atoms with Gasteiger partial charge in [0.25, 0.3) is 0 Å². The number of sulfonamides is 1. The molecule has 0 spiro atoms. The van der Waals surface area contributed by atoms with Crippen LogP contribution in [-0.4, -0.2) is 68.8 Å². The van der Waals surface area contributed by atoms with Crippen LogP contribution in [0.25, 0.3) is 0 Å². The molecule has 2 rings (SSSR count). The lowest BCUT2D eigenvalue weighted by Crippen LogP contribution is -2.29. The lowest BCUT2D eigenvalue weighted by atomic mass is 10.1. The van der Waals surface area contributed by atoms with Crippen LogP contribution in [-0.2, 0) is 34.2 Å². The molecular formula is C15H27N5O3S. The maximum Gasteiger partial charge on any atom is 0.215 e. The van der Waals surface area contributed by atoms with Gasteiger partial charge in [-0.05, 0) is 19.9 Å².